The van der Waals surface area contributed by atoms with Crippen molar-refractivity contribution in [3.63, 3.8) is 0 Å². The molecule has 5 heteroatoms. The number of fused-ring (bicyclic) bond motifs is 2. The fourth-order valence-electron chi connectivity index (χ4n) is 2.66. The quantitative estimate of drug-likeness (QED) is 0.550. The number of carbonyl (C=O) groups is 2. The molecule has 4 nitrogen and oxygen atoms in total. The molecule has 1 amide bonds. The Morgan fingerprint density at radius 1 is 1.04 bits per heavy atom. The topological polar surface area (TPSA) is 66.4 Å². The van der Waals surface area contributed by atoms with Crippen LogP contribution in [-0.4, -0.2) is 28.8 Å². The molecule has 0 radical (unpaired) electrons. The Morgan fingerprint density at radius 3 is 2.38 bits per heavy atom. The van der Waals surface area contributed by atoms with Crippen molar-refractivity contribution < 1.29 is 14.7 Å². The maximum absolute atomic E-state index is 11.3. The van der Waals surface area contributed by atoms with E-state index in [-0.39, 0.29) is 11.7 Å². The number of thioether (sulfide) groups is 1. The van der Waals surface area contributed by atoms with Gasteiger partial charge in [-0.25, -0.2) is 4.79 Å². The summed E-state index contributed by atoms with van der Waals surface area (Å²) in [6, 6.07) is 17.5. The third kappa shape index (κ3) is 3.51. The van der Waals surface area contributed by atoms with Crippen LogP contribution in [0.4, 0.5) is 0 Å². The van der Waals surface area contributed by atoms with E-state index < -0.39 is 12.0 Å². The first-order chi connectivity index (χ1) is 11.5. The summed E-state index contributed by atoms with van der Waals surface area (Å²) in [5, 5.41) is 16.2. The number of benzene rings is 3. The Kier molecular flexibility index (Phi) is 4.71. The maximum atomic E-state index is 11.3. The summed E-state index contributed by atoms with van der Waals surface area (Å²) in [4.78, 5) is 23.4. The molecule has 0 aliphatic rings. The smallest absolute Gasteiger partial charge is 0.327 e. The summed E-state index contributed by atoms with van der Waals surface area (Å²) < 4.78 is 0. The van der Waals surface area contributed by atoms with Gasteiger partial charge in [-0.2, -0.15) is 0 Å². The van der Waals surface area contributed by atoms with E-state index in [0.29, 0.717) is 0 Å². The summed E-state index contributed by atoms with van der Waals surface area (Å²) in [7, 11) is 0. The van der Waals surface area contributed by atoms with Gasteiger partial charge in [0.05, 0.1) is 0 Å². The zero-order valence-corrected chi connectivity index (χ0v) is 14.0. The van der Waals surface area contributed by atoms with Crippen LogP contribution < -0.4 is 5.32 Å². The molecule has 0 fully saturated rings. The van der Waals surface area contributed by atoms with Crippen LogP contribution in [0.25, 0.3) is 21.5 Å². The van der Waals surface area contributed by atoms with Crippen LogP contribution in [0.15, 0.2) is 59.5 Å². The molecule has 3 aromatic rings. The van der Waals surface area contributed by atoms with Gasteiger partial charge >= 0.3 is 5.97 Å². The second-order valence-corrected chi connectivity index (χ2v) is 6.64. The number of carbonyl (C=O) groups excluding carboxylic acids is 1. The lowest BCUT2D eigenvalue weighted by molar-refractivity contribution is -0.140. The van der Waals surface area contributed by atoms with Crippen molar-refractivity contribution >= 4 is 45.2 Å². The number of nitrogens with one attached hydrogen (secondary N) is 1. The highest BCUT2D eigenvalue weighted by molar-refractivity contribution is 7.99. The molecule has 1 atom stereocenters. The van der Waals surface area contributed by atoms with E-state index in [2.05, 4.69) is 29.6 Å². The first-order valence-electron chi connectivity index (χ1n) is 7.59. The first-order valence-corrected chi connectivity index (χ1v) is 8.57. The third-order valence-corrected chi connectivity index (χ3v) is 4.95. The Hall–Kier alpha value is -2.53. The van der Waals surface area contributed by atoms with Gasteiger partial charge in [0.25, 0.3) is 0 Å². The van der Waals surface area contributed by atoms with E-state index in [0.717, 1.165) is 21.1 Å². The van der Waals surface area contributed by atoms with Crippen LogP contribution in [0.5, 0.6) is 0 Å². The Balaban J connectivity index is 1.92. The molecule has 0 heterocycles. The molecule has 122 valence electrons. The number of carboxylic acids is 1. The normalized spacial score (nSPS) is 12.2. The molecule has 0 aromatic heterocycles. The molecule has 0 saturated carbocycles. The molecular weight excluding hydrogens is 322 g/mol. The van der Waals surface area contributed by atoms with Gasteiger partial charge in [0.2, 0.25) is 5.91 Å². The molecule has 1 unspecified atom stereocenters. The number of hydrogen-bond donors (Lipinski definition) is 2. The molecule has 0 saturated heterocycles. The van der Waals surface area contributed by atoms with Crippen molar-refractivity contribution in [1.29, 1.82) is 0 Å². The van der Waals surface area contributed by atoms with Crippen LogP contribution in [0.1, 0.15) is 6.92 Å². The lowest BCUT2D eigenvalue weighted by Gasteiger charge is -2.14. The van der Waals surface area contributed by atoms with E-state index in [1.807, 2.05) is 30.3 Å². The van der Waals surface area contributed by atoms with Gasteiger partial charge in [-0.3, -0.25) is 4.79 Å². The van der Waals surface area contributed by atoms with Crippen molar-refractivity contribution in [2.24, 2.45) is 0 Å². The Bertz CT molecular complexity index is 923. The molecule has 0 aliphatic carbocycles. The highest BCUT2D eigenvalue weighted by atomic mass is 32.2. The van der Waals surface area contributed by atoms with E-state index in [1.54, 1.807) is 0 Å². The fourth-order valence-corrected chi connectivity index (χ4v) is 3.74. The van der Waals surface area contributed by atoms with Gasteiger partial charge in [-0.05, 0) is 39.7 Å². The lowest BCUT2D eigenvalue weighted by atomic mass is 10.0. The van der Waals surface area contributed by atoms with Crippen molar-refractivity contribution in [3.8, 4) is 0 Å². The van der Waals surface area contributed by atoms with Crippen LogP contribution in [0.3, 0.4) is 0 Å². The summed E-state index contributed by atoms with van der Waals surface area (Å²) in [5.41, 5.74) is 0. The third-order valence-electron chi connectivity index (χ3n) is 3.79. The summed E-state index contributed by atoms with van der Waals surface area (Å²) >= 11 is 1.44. The van der Waals surface area contributed by atoms with Crippen molar-refractivity contribution in [2.45, 2.75) is 17.9 Å². The standard InChI is InChI=1S/C19H17NO3S/c1-12(21)20-17(19(22)23)11-24-18-8-4-7-15-9-13-5-2-3-6-14(13)10-16(15)18/h2-10,17H,11H2,1H3,(H,20,21)(H,22,23). The molecule has 0 aliphatic heterocycles. The zero-order chi connectivity index (χ0) is 17.1. The maximum Gasteiger partial charge on any atom is 0.327 e. The molecule has 3 aromatic carbocycles. The van der Waals surface area contributed by atoms with E-state index in [9.17, 15) is 14.7 Å². The van der Waals surface area contributed by atoms with Gasteiger partial charge in [0.1, 0.15) is 6.04 Å². The van der Waals surface area contributed by atoms with E-state index >= 15 is 0 Å². The molecule has 3 rings (SSSR count). The predicted molar refractivity (Wildman–Crippen MR) is 97.4 cm³/mol. The van der Waals surface area contributed by atoms with Gasteiger partial charge in [-0.15, -0.1) is 11.8 Å². The lowest BCUT2D eigenvalue weighted by Crippen LogP contribution is -2.41. The highest BCUT2D eigenvalue weighted by Gasteiger charge is 2.19. The molecular formula is C19H17NO3S. The summed E-state index contributed by atoms with van der Waals surface area (Å²) in [6.07, 6.45) is 0. The van der Waals surface area contributed by atoms with Crippen molar-refractivity contribution in [2.75, 3.05) is 5.75 Å². The van der Waals surface area contributed by atoms with Crippen LogP contribution in [0.2, 0.25) is 0 Å². The Labute approximate surface area is 143 Å². The van der Waals surface area contributed by atoms with E-state index in [4.69, 9.17) is 0 Å². The van der Waals surface area contributed by atoms with Crippen LogP contribution in [0, 0.1) is 0 Å². The predicted octanol–water partition coefficient (Wildman–Crippen LogP) is 3.67. The summed E-state index contributed by atoms with van der Waals surface area (Å²) in [5.74, 6) is -1.09. The summed E-state index contributed by atoms with van der Waals surface area (Å²) in [6.45, 7) is 1.32. The van der Waals surface area contributed by atoms with Crippen LogP contribution >= 0.6 is 11.8 Å². The number of amides is 1. The molecule has 24 heavy (non-hydrogen) atoms. The molecule has 0 bridgehead atoms. The SMILES string of the molecule is CC(=O)NC(CSc1cccc2cc3ccccc3cc12)C(=O)O. The fraction of sp³-hybridized carbons (Fsp3) is 0.158. The largest absolute Gasteiger partial charge is 0.480 e. The zero-order valence-electron chi connectivity index (χ0n) is 13.2. The van der Waals surface area contributed by atoms with Gasteiger partial charge in [0.15, 0.2) is 0 Å². The minimum atomic E-state index is -1.02. The van der Waals surface area contributed by atoms with Crippen LogP contribution in [-0.2, 0) is 9.59 Å². The highest BCUT2D eigenvalue weighted by Crippen LogP contribution is 2.31. The van der Waals surface area contributed by atoms with Crippen molar-refractivity contribution in [1.82, 2.24) is 5.32 Å². The monoisotopic (exact) mass is 339 g/mol. The van der Waals surface area contributed by atoms with E-state index in [1.165, 1.54) is 24.1 Å². The van der Waals surface area contributed by atoms with Gasteiger partial charge in [-0.1, -0.05) is 36.4 Å². The number of rotatable bonds is 5. The Morgan fingerprint density at radius 2 is 1.71 bits per heavy atom. The second kappa shape index (κ2) is 6.93. The average Bonchev–Trinajstić information content (AvgIpc) is 2.56. The average molecular weight is 339 g/mol. The molecule has 0 spiro atoms. The number of aliphatic carboxylic acids is 1. The first kappa shape index (κ1) is 16.3. The minimum Gasteiger partial charge on any atom is -0.480 e. The number of carboxylic acid groups (broad SMARTS) is 1. The van der Waals surface area contributed by atoms with Crippen molar-refractivity contribution in [3.05, 3.63) is 54.6 Å². The van der Waals surface area contributed by atoms with Gasteiger partial charge in [0, 0.05) is 17.6 Å². The van der Waals surface area contributed by atoms with Gasteiger partial charge < -0.3 is 10.4 Å². The number of hydrogen-bond acceptors (Lipinski definition) is 3. The minimum absolute atomic E-state index is 0.279. The second-order valence-electron chi connectivity index (χ2n) is 5.58. The molecule has 2 N–H and O–H groups in total.